The number of amides is 4. The maximum absolute atomic E-state index is 13.1. The number of carbonyl (C=O) groups is 4. The molecule has 0 aromatic heterocycles. The van der Waals surface area contributed by atoms with Crippen molar-refractivity contribution >= 4 is 44.4 Å². The number of hydrogen-bond donors (Lipinski definition) is 27. The molecule has 0 aromatic rings. The molecule has 0 unspecified atom stereocenters. The van der Waals surface area contributed by atoms with Crippen LogP contribution < -0.4 is 21.3 Å². The van der Waals surface area contributed by atoms with E-state index in [1.165, 1.54) is 0 Å². The van der Waals surface area contributed by atoms with Crippen molar-refractivity contribution in [2.75, 3.05) is 59.5 Å². The molecular formula is C56H96N4O47S2. The predicted molar refractivity (Wildman–Crippen MR) is 334 cm³/mol. The summed E-state index contributed by atoms with van der Waals surface area (Å²) in [6.45, 7) is -7.08. The van der Waals surface area contributed by atoms with Crippen molar-refractivity contribution in [2.45, 2.75) is 267 Å². The van der Waals surface area contributed by atoms with E-state index in [0.717, 1.165) is 27.7 Å². The van der Waals surface area contributed by atoms with Crippen LogP contribution in [0.3, 0.4) is 0 Å². The van der Waals surface area contributed by atoms with Crippen LogP contribution in [0.25, 0.3) is 0 Å². The highest BCUT2D eigenvalue weighted by molar-refractivity contribution is 7.81. The lowest BCUT2D eigenvalue weighted by atomic mass is 9.94. The van der Waals surface area contributed by atoms with Gasteiger partial charge in [-0.05, 0) is 0 Å². The van der Waals surface area contributed by atoms with Gasteiger partial charge in [0.15, 0.2) is 44.0 Å². The fourth-order valence-electron chi connectivity index (χ4n) is 12.8. The number of hydrogen-bond acceptors (Lipinski definition) is 45. The van der Waals surface area contributed by atoms with E-state index in [2.05, 4.69) is 29.6 Å². The second-order valence-corrected chi connectivity index (χ2v) is 28.4. The first-order valence-electron chi connectivity index (χ1n) is 33.3. The summed E-state index contributed by atoms with van der Waals surface area (Å²) in [7, 11) is -10.5. The first kappa shape index (κ1) is 92.4. The number of aliphatic hydroxyl groups is 21. The van der Waals surface area contributed by atoms with Gasteiger partial charge in [-0.3, -0.25) is 28.3 Å². The molecule has 39 atom stereocenters. The minimum absolute atomic E-state index is 0.863. The summed E-state index contributed by atoms with van der Waals surface area (Å²) in [5.74, 6) is -3.96. The third-order valence-electron chi connectivity index (χ3n) is 18.3. The van der Waals surface area contributed by atoms with Gasteiger partial charge >= 0.3 is 20.8 Å². The smallest absolute Gasteiger partial charge is 0.394 e. The molecule has 4 amide bonds. The van der Waals surface area contributed by atoms with Crippen LogP contribution in [-0.4, -0.2) is 455 Å². The summed E-state index contributed by atoms with van der Waals surface area (Å²) >= 11 is 0. The molecule has 7 aliphatic rings. The fraction of sp³-hybridized carbons (Fsp3) is 0.929. The molecule has 634 valence electrons. The molecule has 27 N–H and O–H groups in total. The molecule has 7 aliphatic heterocycles. The number of ether oxygens (including phenoxy) is 14. The number of aliphatic hydroxyl groups excluding tert-OH is 21. The van der Waals surface area contributed by atoms with Gasteiger partial charge in [-0.15, -0.1) is 0 Å². The summed E-state index contributed by atoms with van der Waals surface area (Å²) in [4.78, 5) is 51.6. The molecule has 0 aliphatic carbocycles. The number of nitrogens with one attached hydrogen (secondary N) is 4. The summed E-state index contributed by atoms with van der Waals surface area (Å²) in [6.07, 6.45) is -76.0. The molecule has 51 nitrogen and oxygen atoms in total. The maximum atomic E-state index is 13.1. The Bertz CT molecular complexity index is 3130. The van der Waals surface area contributed by atoms with Crippen LogP contribution in [0.2, 0.25) is 0 Å². The third-order valence-corrected chi connectivity index (χ3v) is 19.2. The van der Waals surface area contributed by atoms with Crippen LogP contribution in [0.1, 0.15) is 27.7 Å². The van der Waals surface area contributed by atoms with Gasteiger partial charge in [-0.2, -0.15) is 16.8 Å². The molecule has 7 saturated heterocycles. The summed E-state index contributed by atoms with van der Waals surface area (Å²) in [6, 6.07) is -7.80. The second kappa shape index (κ2) is 40.2. The fourth-order valence-corrected chi connectivity index (χ4v) is 13.4. The molecular weight excluding hydrogens is 1540 g/mol. The predicted octanol–water partition coefficient (Wildman–Crippen LogP) is -18.6. The van der Waals surface area contributed by atoms with E-state index in [1.807, 2.05) is 0 Å². The monoisotopic (exact) mass is 1640 g/mol. The van der Waals surface area contributed by atoms with E-state index < -0.39 is 343 Å². The van der Waals surface area contributed by atoms with Crippen molar-refractivity contribution in [1.82, 2.24) is 21.3 Å². The lowest BCUT2D eigenvalue weighted by Crippen LogP contribution is -2.70. The van der Waals surface area contributed by atoms with Crippen LogP contribution in [0.5, 0.6) is 0 Å². The maximum Gasteiger partial charge on any atom is 0.397 e. The minimum Gasteiger partial charge on any atom is -0.394 e. The van der Waals surface area contributed by atoms with Gasteiger partial charge in [0.2, 0.25) is 23.6 Å². The summed E-state index contributed by atoms with van der Waals surface area (Å²) in [5.41, 5.74) is 0. The van der Waals surface area contributed by atoms with Crippen LogP contribution in [0, 0.1) is 0 Å². The lowest BCUT2D eigenvalue weighted by molar-refractivity contribution is -0.375. The molecule has 0 bridgehead atoms. The Kier molecular flexibility index (Phi) is 34.1. The average Bonchev–Trinajstić information content (AvgIpc) is 0.780. The van der Waals surface area contributed by atoms with E-state index in [-0.39, 0.29) is 0 Å². The first-order valence-corrected chi connectivity index (χ1v) is 36.1. The first-order chi connectivity index (χ1) is 51.0. The molecule has 109 heavy (non-hydrogen) atoms. The number of carbonyl (C=O) groups excluding carboxylic acids is 4. The van der Waals surface area contributed by atoms with Gasteiger partial charge in [0.25, 0.3) is 0 Å². The number of rotatable bonds is 34. The van der Waals surface area contributed by atoms with E-state index >= 15 is 0 Å². The van der Waals surface area contributed by atoms with Crippen molar-refractivity contribution in [2.24, 2.45) is 0 Å². The SMILES string of the molecule is CC(=O)N[C@H]1[C@H](OC[C@@H](O)[C@H](O)[C@H](O[C@@H]2O[C@H](CO[C@@H]3O[C@H](CO)[C@@H](O)[C@H](O[C@@H]4O[C@H](CO)[C@H](O)[C@H](O)[C@H]4O)[C@H]3NC(C)=O)[C@H](O)[C@H](O[C@@H]3O[C@H](CO)[C@@H](O)[C@H](O[C@@H]4O[C@H](COS(=O)(=O)O)[C@H](O)[C@H](O)[C@H]4O)[C@H]3NC(C)=O)[C@H]2O)[C@H](CO)NC(C)=O)O[C@H](CO)[C@@H](O[C@@H]2O[C@H](COS(=O)(=O)O)[C@H](O)[C@H](O)[C@H]2O)[C@@H]1O. The largest absolute Gasteiger partial charge is 0.397 e. The van der Waals surface area contributed by atoms with Crippen LogP contribution in [-0.2, 0) is 115 Å². The van der Waals surface area contributed by atoms with E-state index in [9.17, 15) is 148 Å². The quantitative estimate of drug-likeness (QED) is 0.0266. The molecule has 0 saturated carbocycles. The molecule has 53 heteroatoms. The van der Waals surface area contributed by atoms with E-state index in [1.54, 1.807) is 0 Å². The highest BCUT2D eigenvalue weighted by Crippen LogP contribution is 2.38. The van der Waals surface area contributed by atoms with Crippen LogP contribution >= 0.6 is 0 Å². The summed E-state index contributed by atoms with van der Waals surface area (Å²) in [5, 5.41) is 242. The molecule has 0 spiro atoms. The van der Waals surface area contributed by atoms with E-state index in [4.69, 9.17) is 70.9 Å². The zero-order chi connectivity index (χ0) is 81.3. The Morgan fingerprint density at radius 3 is 1.15 bits per heavy atom. The Balaban J connectivity index is 1.23. The van der Waals surface area contributed by atoms with Crippen LogP contribution in [0.15, 0.2) is 0 Å². The highest BCUT2D eigenvalue weighted by Gasteiger charge is 2.59. The van der Waals surface area contributed by atoms with Gasteiger partial charge in [-0.1, -0.05) is 0 Å². The highest BCUT2D eigenvalue weighted by atomic mass is 32.3. The molecule has 7 heterocycles. The van der Waals surface area contributed by atoms with Gasteiger partial charge in [-0.25, -0.2) is 8.37 Å². The molecule has 0 aromatic carbocycles. The Morgan fingerprint density at radius 1 is 0.367 bits per heavy atom. The van der Waals surface area contributed by atoms with Crippen molar-refractivity contribution in [3.8, 4) is 0 Å². The molecule has 7 fully saturated rings. The zero-order valence-electron chi connectivity index (χ0n) is 57.8. The Labute approximate surface area is 617 Å². The van der Waals surface area contributed by atoms with Crippen molar-refractivity contribution in [3.63, 3.8) is 0 Å². The molecule has 0 radical (unpaired) electrons. The third kappa shape index (κ3) is 23.3. The topological polar surface area (TPSA) is 798 Å². The molecule has 7 rings (SSSR count). The van der Waals surface area contributed by atoms with Gasteiger partial charge < -0.3 is 195 Å². The Hall–Kier alpha value is -3.78. The van der Waals surface area contributed by atoms with Crippen molar-refractivity contribution < 1.29 is 227 Å². The normalized spacial score (nSPS) is 42.9. The Morgan fingerprint density at radius 2 is 0.716 bits per heavy atom. The van der Waals surface area contributed by atoms with E-state index in [0.29, 0.717) is 0 Å². The van der Waals surface area contributed by atoms with Crippen molar-refractivity contribution in [3.05, 3.63) is 0 Å². The van der Waals surface area contributed by atoms with Crippen molar-refractivity contribution in [1.29, 1.82) is 0 Å². The standard InChI is InChI=1S/C56H96N4O47S2/c1-14(66)57-18(5-61)45(30(71)19(70)10-92-50-27(58-15(2)67)37(78)46(23(9-65)99-50)104-54-42(83)39(80)32(73)25(101-54)12-94-108(86,87)88)103-56-44(85)49(107-52-29(60-17(4)69)48(35(76)22(8-64)97-52)106-55-43(84)40(81)33(74)26(102-55)13-95-109(89,90)91)36(77)24(100-56)11-93-51-28(59-16(3)68)47(34(75)21(7-63)96-51)105-53-41(82)38(79)31(72)20(6-62)98-53/h18-56,61-65,70-85H,5-13H2,1-4H3,(H,57,66)(H,58,67)(H,59,68)(H,60,69)(H,86,87,88)(H,89,90,91)/t18-,19+,20+,21+,22+,23+,24+,25+,26+,27+,28+,29+,30-,31-,32-,33-,34+,35+,36-,37+,38-,39-,40-,41+,42+,43+,44+,45+,46+,47+,48+,49-,50+,51+,52-,53-,54-,55-,56-/m0/s1. The zero-order valence-corrected chi connectivity index (χ0v) is 59.4. The lowest BCUT2D eigenvalue weighted by Gasteiger charge is -2.50. The minimum atomic E-state index is -5.28. The van der Waals surface area contributed by atoms with Gasteiger partial charge in [0.1, 0.15) is 189 Å². The van der Waals surface area contributed by atoms with Crippen LogP contribution in [0.4, 0.5) is 0 Å². The summed E-state index contributed by atoms with van der Waals surface area (Å²) < 4.78 is 154. The average molecular weight is 1640 g/mol. The second-order valence-electron chi connectivity index (χ2n) is 26.2. The van der Waals surface area contributed by atoms with Gasteiger partial charge in [0.05, 0.1) is 65.5 Å². The van der Waals surface area contributed by atoms with Gasteiger partial charge in [0, 0.05) is 27.7 Å².